The SMILES string of the molecule is Cn1c(=O)n(C2C3CC4CC2CC(C(=O)O)(C4)C3)c2nc(NC3=CC4CCOC4C=C3Cl)ncc21. The lowest BCUT2D eigenvalue weighted by Gasteiger charge is -2.58. The molecule has 0 aromatic carbocycles. The Bertz CT molecular complexity index is 1360. The zero-order valence-electron chi connectivity index (χ0n) is 19.5. The summed E-state index contributed by atoms with van der Waals surface area (Å²) >= 11 is 6.51. The van der Waals surface area contributed by atoms with E-state index in [1.807, 2.05) is 10.6 Å². The first-order chi connectivity index (χ1) is 16.8. The molecule has 0 spiro atoms. The normalized spacial score (nSPS) is 37.3. The molecule has 2 N–H and O–H groups in total. The second-order valence-corrected chi connectivity index (χ2v) is 11.6. The highest BCUT2D eigenvalue weighted by Gasteiger charge is 2.59. The number of carbonyl (C=O) groups is 1. The van der Waals surface area contributed by atoms with Gasteiger partial charge in [0.25, 0.3) is 0 Å². The summed E-state index contributed by atoms with van der Waals surface area (Å²) in [7, 11) is 1.75. The monoisotopic (exact) mass is 497 g/mol. The van der Waals surface area contributed by atoms with E-state index in [9.17, 15) is 14.7 Å². The first-order valence-corrected chi connectivity index (χ1v) is 12.9. The second kappa shape index (κ2) is 7.43. The van der Waals surface area contributed by atoms with Crippen molar-refractivity contribution in [2.75, 3.05) is 11.9 Å². The van der Waals surface area contributed by atoms with Crippen LogP contribution < -0.4 is 11.0 Å². The van der Waals surface area contributed by atoms with Crippen LogP contribution >= 0.6 is 11.6 Å². The van der Waals surface area contributed by atoms with E-state index in [0.29, 0.717) is 47.5 Å². The Kier molecular flexibility index (Phi) is 4.59. The van der Waals surface area contributed by atoms with Gasteiger partial charge in [-0.05, 0) is 62.4 Å². The number of aryl methyl sites for hydroxylation is 1. The number of aromatic nitrogens is 4. The van der Waals surface area contributed by atoms with Crippen molar-refractivity contribution in [2.24, 2.45) is 36.1 Å². The van der Waals surface area contributed by atoms with Gasteiger partial charge in [-0.15, -0.1) is 0 Å². The van der Waals surface area contributed by atoms with E-state index >= 15 is 0 Å². The quantitative estimate of drug-likeness (QED) is 0.665. The third-order valence-corrected chi connectivity index (χ3v) is 9.52. The van der Waals surface area contributed by atoms with E-state index in [1.165, 1.54) is 0 Å². The molecule has 35 heavy (non-hydrogen) atoms. The Morgan fingerprint density at radius 3 is 2.77 bits per heavy atom. The summed E-state index contributed by atoms with van der Waals surface area (Å²) in [6.45, 7) is 0.715. The minimum absolute atomic E-state index is 0.0155. The number of imidazole rings is 1. The molecule has 10 heteroatoms. The minimum Gasteiger partial charge on any atom is -0.481 e. The van der Waals surface area contributed by atoms with Gasteiger partial charge in [-0.25, -0.2) is 9.78 Å². The highest BCUT2D eigenvalue weighted by Crippen LogP contribution is 2.63. The van der Waals surface area contributed by atoms with E-state index in [1.54, 1.807) is 17.8 Å². The smallest absolute Gasteiger partial charge is 0.330 e. The van der Waals surface area contributed by atoms with Crippen molar-refractivity contribution < 1.29 is 14.6 Å². The number of fused-ring (bicyclic) bond motifs is 2. The van der Waals surface area contributed by atoms with Crippen LogP contribution in [0.2, 0.25) is 0 Å². The number of carboxylic acid groups (broad SMARTS) is 1. The zero-order valence-corrected chi connectivity index (χ0v) is 20.2. The van der Waals surface area contributed by atoms with E-state index in [2.05, 4.69) is 16.4 Å². The molecule has 1 saturated heterocycles. The van der Waals surface area contributed by atoms with Crippen LogP contribution in [0.25, 0.3) is 11.2 Å². The maximum atomic E-state index is 13.5. The maximum Gasteiger partial charge on any atom is 0.330 e. The van der Waals surface area contributed by atoms with Gasteiger partial charge in [-0.3, -0.25) is 13.9 Å². The van der Waals surface area contributed by atoms with Crippen LogP contribution in [-0.4, -0.2) is 42.9 Å². The molecule has 4 atom stereocenters. The van der Waals surface area contributed by atoms with Crippen LogP contribution in [0.5, 0.6) is 0 Å². The molecule has 6 aliphatic rings. The Balaban J connectivity index is 1.27. The molecule has 184 valence electrons. The number of carboxylic acids is 1. The molecule has 2 aromatic rings. The van der Waals surface area contributed by atoms with Crippen molar-refractivity contribution in [3.8, 4) is 0 Å². The number of nitrogens with zero attached hydrogens (tertiary/aromatic N) is 4. The van der Waals surface area contributed by atoms with Crippen LogP contribution in [0, 0.1) is 29.1 Å². The first-order valence-electron chi connectivity index (χ1n) is 12.5. The zero-order chi connectivity index (χ0) is 24.1. The number of nitrogens with one attached hydrogen (secondary N) is 1. The molecule has 1 aliphatic heterocycles. The molecular formula is C25H28ClN5O4. The van der Waals surface area contributed by atoms with Gasteiger partial charge in [0.15, 0.2) is 5.65 Å². The van der Waals surface area contributed by atoms with Gasteiger partial charge in [-0.1, -0.05) is 17.7 Å². The third-order valence-electron chi connectivity index (χ3n) is 9.19. The lowest BCUT2D eigenvalue weighted by Crippen LogP contribution is -2.55. The average Bonchev–Trinajstić information content (AvgIpc) is 3.36. The molecule has 4 saturated carbocycles. The molecule has 3 heterocycles. The van der Waals surface area contributed by atoms with E-state index in [0.717, 1.165) is 31.4 Å². The number of anilines is 1. The molecule has 4 bridgehead atoms. The number of aliphatic carboxylic acids is 1. The lowest BCUT2D eigenvalue weighted by molar-refractivity contribution is -0.169. The number of rotatable bonds is 4. The predicted octanol–water partition coefficient (Wildman–Crippen LogP) is 3.42. The van der Waals surface area contributed by atoms with Gasteiger partial charge in [0, 0.05) is 25.6 Å². The van der Waals surface area contributed by atoms with Crippen LogP contribution in [0.1, 0.15) is 44.6 Å². The summed E-state index contributed by atoms with van der Waals surface area (Å²) in [4.78, 5) is 34.9. The minimum atomic E-state index is -0.671. The standard InChI is InChI=1S/C25H28ClN5O4/c1-30-18-11-27-23(28-17-6-13-2-3-35-19(13)7-16(17)26)29-21(18)31(24(30)34)20-14-4-12-5-15(20)10-25(8-12,9-14)22(32)33/h6-7,11-15,19-20H,2-5,8-10H2,1H3,(H,32,33)(H,27,28,29). The Morgan fingerprint density at radius 1 is 1.26 bits per heavy atom. The Morgan fingerprint density at radius 2 is 2.03 bits per heavy atom. The van der Waals surface area contributed by atoms with Crippen LogP contribution in [0.15, 0.2) is 33.9 Å². The van der Waals surface area contributed by atoms with E-state index in [-0.39, 0.29) is 35.6 Å². The second-order valence-electron chi connectivity index (χ2n) is 11.2. The largest absolute Gasteiger partial charge is 0.481 e. The summed E-state index contributed by atoms with van der Waals surface area (Å²) < 4.78 is 9.14. The molecule has 9 nitrogen and oxygen atoms in total. The first kappa shape index (κ1) is 21.6. The maximum absolute atomic E-state index is 13.5. The number of hydrogen-bond donors (Lipinski definition) is 2. The van der Waals surface area contributed by atoms with Gasteiger partial charge >= 0.3 is 11.7 Å². The molecule has 8 rings (SSSR count). The van der Waals surface area contributed by atoms with Crippen molar-refractivity contribution >= 4 is 34.7 Å². The summed E-state index contributed by atoms with van der Waals surface area (Å²) in [5.41, 5.74) is 1.28. The summed E-state index contributed by atoms with van der Waals surface area (Å²) in [5, 5.41) is 13.8. The highest BCUT2D eigenvalue weighted by atomic mass is 35.5. The fourth-order valence-electron chi connectivity index (χ4n) is 7.87. The number of ether oxygens (including phenoxy) is 1. The van der Waals surface area contributed by atoms with Crippen LogP contribution in [-0.2, 0) is 16.6 Å². The molecule has 4 unspecified atom stereocenters. The summed E-state index contributed by atoms with van der Waals surface area (Å²) in [5.74, 6) is 0.767. The number of halogens is 1. The summed E-state index contributed by atoms with van der Waals surface area (Å²) in [6.07, 6.45) is 10.6. The number of allylic oxidation sites excluding steroid dienone is 1. The fourth-order valence-corrected chi connectivity index (χ4v) is 8.11. The Hall–Kier alpha value is -2.65. The van der Waals surface area contributed by atoms with Crippen molar-refractivity contribution in [2.45, 2.75) is 50.7 Å². The van der Waals surface area contributed by atoms with Gasteiger partial charge in [0.2, 0.25) is 5.95 Å². The number of hydrogen-bond acceptors (Lipinski definition) is 6. The molecule has 5 fully saturated rings. The van der Waals surface area contributed by atoms with E-state index in [4.69, 9.17) is 21.3 Å². The summed E-state index contributed by atoms with van der Waals surface area (Å²) in [6, 6.07) is -0.0354. The predicted molar refractivity (Wildman–Crippen MR) is 129 cm³/mol. The van der Waals surface area contributed by atoms with Crippen LogP contribution in [0.3, 0.4) is 0 Å². The van der Waals surface area contributed by atoms with Gasteiger partial charge in [0.05, 0.1) is 28.4 Å². The molecule has 5 aliphatic carbocycles. The van der Waals surface area contributed by atoms with Gasteiger partial charge in [0.1, 0.15) is 5.52 Å². The lowest BCUT2D eigenvalue weighted by atomic mass is 9.48. The molecule has 0 amide bonds. The third kappa shape index (κ3) is 3.10. The van der Waals surface area contributed by atoms with Gasteiger partial charge in [-0.2, -0.15) is 4.98 Å². The van der Waals surface area contributed by atoms with E-state index < -0.39 is 11.4 Å². The van der Waals surface area contributed by atoms with Crippen molar-refractivity contribution in [3.05, 3.63) is 39.6 Å². The van der Waals surface area contributed by atoms with Crippen molar-refractivity contribution in [3.63, 3.8) is 0 Å². The van der Waals surface area contributed by atoms with Crippen LogP contribution in [0.4, 0.5) is 5.95 Å². The average molecular weight is 498 g/mol. The fraction of sp³-hybridized carbons (Fsp3) is 0.600. The molecule has 0 radical (unpaired) electrons. The highest BCUT2D eigenvalue weighted by molar-refractivity contribution is 6.32. The molecule has 2 aromatic heterocycles. The Labute approximate surface area is 206 Å². The van der Waals surface area contributed by atoms with Gasteiger partial charge < -0.3 is 15.2 Å². The molecular weight excluding hydrogens is 470 g/mol. The topological polar surface area (TPSA) is 111 Å². The van der Waals surface area contributed by atoms with Crippen molar-refractivity contribution in [1.82, 2.24) is 19.1 Å². The van der Waals surface area contributed by atoms with Crippen molar-refractivity contribution in [1.29, 1.82) is 0 Å².